The molecule has 9 heavy (non-hydrogen) atoms. The van der Waals surface area contributed by atoms with Crippen molar-refractivity contribution in [3.63, 3.8) is 0 Å². The summed E-state index contributed by atoms with van der Waals surface area (Å²) in [5.74, 6) is 0.302. The molecular weight excluding hydrogens is 112 g/mol. The van der Waals surface area contributed by atoms with Gasteiger partial charge in [-0.25, -0.2) is 0 Å². The van der Waals surface area contributed by atoms with Crippen LogP contribution >= 0.6 is 0 Å². The maximum Gasteiger partial charge on any atom is 0.0491 e. The van der Waals surface area contributed by atoms with E-state index in [1.54, 1.807) is 0 Å². The van der Waals surface area contributed by atoms with Crippen LogP contribution in [0.25, 0.3) is 0 Å². The van der Waals surface area contributed by atoms with Gasteiger partial charge in [-0.1, -0.05) is 26.0 Å². The van der Waals surface area contributed by atoms with Gasteiger partial charge in [0.1, 0.15) is 0 Å². The number of unbranched alkanes of at least 4 members (excludes halogenated alkanes) is 1. The molecule has 0 spiro atoms. The third kappa shape index (κ3) is 5.57. The molecule has 53 valence electrons. The van der Waals surface area contributed by atoms with Crippen LogP contribution < -0.4 is 0 Å². The SMILES string of the molecule is [CH2]CCC=CC(C)CO. The van der Waals surface area contributed by atoms with E-state index >= 15 is 0 Å². The maximum atomic E-state index is 8.57. The summed E-state index contributed by atoms with van der Waals surface area (Å²) >= 11 is 0. The normalized spacial score (nSPS) is 14.6. The minimum Gasteiger partial charge on any atom is -0.396 e. The number of allylic oxidation sites excluding steroid dienone is 1. The van der Waals surface area contributed by atoms with E-state index in [0.29, 0.717) is 5.92 Å². The minimum absolute atomic E-state index is 0.244. The second-order valence-electron chi connectivity index (χ2n) is 2.23. The van der Waals surface area contributed by atoms with Gasteiger partial charge in [-0.05, 0) is 18.8 Å². The Kier molecular flexibility index (Phi) is 5.64. The predicted molar refractivity (Wildman–Crippen MR) is 40.0 cm³/mol. The molecule has 0 aromatic rings. The van der Waals surface area contributed by atoms with E-state index in [-0.39, 0.29) is 6.61 Å². The predicted octanol–water partition coefficient (Wildman–Crippen LogP) is 1.79. The zero-order valence-electron chi connectivity index (χ0n) is 6.01. The lowest BCUT2D eigenvalue weighted by Gasteiger charge is -1.96. The number of aliphatic hydroxyl groups excluding tert-OH is 1. The summed E-state index contributed by atoms with van der Waals surface area (Å²) in [5, 5.41) is 8.57. The molecule has 0 aliphatic heterocycles. The topological polar surface area (TPSA) is 20.2 Å². The van der Waals surface area contributed by atoms with Crippen LogP contribution in [-0.4, -0.2) is 11.7 Å². The number of rotatable bonds is 4. The Morgan fingerprint density at radius 2 is 2.33 bits per heavy atom. The van der Waals surface area contributed by atoms with Crippen molar-refractivity contribution in [3.05, 3.63) is 19.1 Å². The van der Waals surface area contributed by atoms with Crippen molar-refractivity contribution in [3.8, 4) is 0 Å². The van der Waals surface area contributed by atoms with Gasteiger partial charge < -0.3 is 5.11 Å². The fourth-order valence-electron chi connectivity index (χ4n) is 0.507. The first-order valence-electron chi connectivity index (χ1n) is 3.38. The fourth-order valence-corrected chi connectivity index (χ4v) is 0.507. The summed E-state index contributed by atoms with van der Waals surface area (Å²) in [7, 11) is 0. The van der Waals surface area contributed by atoms with E-state index in [4.69, 9.17) is 5.11 Å². The summed E-state index contributed by atoms with van der Waals surface area (Å²) in [4.78, 5) is 0. The molecule has 0 saturated heterocycles. The Hall–Kier alpha value is -0.300. The molecule has 0 amide bonds. The summed E-state index contributed by atoms with van der Waals surface area (Å²) in [5.41, 5.74) is 0. The molecular formula is C8H15O. The van der Waals surface area contributed by atoms with Crippen LogP contribution in [-0.2, 0) is 0 Å². The molecule has 0 fully saturated rings. The zero-order chi connectivity index (χ0) is 7.11. The van der Waals surface area contributed by atoms with E-state index in [0.717, 1.165) is 12.8 Å². The second kappa shape index (κ2) is 5.83. The minimum atomic E-state index is 0.244. The van der Waals surface area contributed by atoms with Crippen LogP contribution in [0.15, 0.2) is 12.2 Å². The lowest BCUT2D eigenvalue weighted by molar-refractivity contribution is 0.262. The molecule has 0 aromatic heterocycles. The van der Waals surface area contributed by atoms with Gasteiger partial charge in [-0.3, -0.25) is 0 Å². The first-order valence-corrected chi connectivity index (χ1v) is 3.38. The van der Waals surface area contributed by atoms with Gasteiger partial charge in [0.05, 0.1) is 0 Å². The van der Waals surface area contributed by atoms with Crippen molar-refractivity contribution in [1.29, 1.82) is 0 Å². The Balaban J connectivity index is 3.20. The molecule has 0 rings (SSSR count). The first-order chi connectivity index (χ1) is 4.31. The van der Waals surface area contributed by atoms with E-state index in [1.165, 1.54) is 0 Å². The Morgan fingerprint density at radius 1 is 1.67 bits per heavy atom. The molecule has 0 aliphatic rings. The fraction of sp³-hybridized carbons (Fsp3) is 0.625. The Labute approximate surface area is 57.4 Å². The summed E-state index contributed by atoms with van der Waals surface area (Å²) in [6.07, 6.45) is 6.04. The monoisotopic (exact) mass is 127 g/mol. The number of hydrogen-bond donors (Lipinski definition) is 1. The third-order valence-electron chi connectivity index (χ3n) is 1.12. The standard InChI is InChI=1S/C8H15O/c1-3-4-5-6-8(2)7-9/h5-6,8-9H,1,3-4,7H2,2H3. The molecule has 1 nitrogen and oxygen atoms in total. The van der Waals surface area contributed by atoms with Gasteiger partial charge in [-0.2, -0.15) is 0 Å². The van der Waals surface area contributed by atoms with Crippen molar-refractivity contribution in [2.24, 2.45) is 5.92 Å². The third-order valence-corrected chi connectivity index (χ3v) is 1.12. The van der Waals surface area contributed by atoms with Crippen molar-refractivity contribution < 1.29 is 5.11 Å². The van der Waals surface area contributed by atoms with E-state index in [9.17, 15) is 0 Å². The molecule has 0 aromatic carbocycles. The Bertz CT molecular complexity index is 76.6. The molecule has 1 unspecified atom stereocenters. The second-order valence-corrected chi connectivity index (χ2v) is 2.23. The van der Waals surface area contributed by atoms with Gasteiger partial charge in [0.2, 0.25) is 0 Å². The molecule has 0 saturated carbocycles. The lowest BCUT2D eigenvalue weighted by atomic mass is 10.1. The summed E-state index contributed by atoms with van der Waals surface area (Å²) in [6, 6.07) is 0. The van der Waals surface area contributed by atoms with E-state index in [2.05, 4.69) is 13.0 Å². The van der Waals surface area contributed by atoms with Crippen LogP contribution in [0.3, 0.4) is 0 Å². The van der Waals surface area contributed by atoms with Crippen LogP contribution in [0.2, 0.25) is 0 Å². The smallest absolute Gasteiger partial charge is 0.0491 e. The first kappa shape index (κ1) is 8.70. The van der Waals surface area contributed by atoms with Crippen LogP contribution in [0.1, 0.15) is 19.8 Å². The zero-order valence-corrected chi connectivity index (χ0v) is 6.01. The van der Waals surface area contributed by atoms with Crippen molar-refractivity contribution >= 4 is 0 Å². The summed E-state index contributed by atoms with van der Waals surface area (Å²) in [6.45, 7) is 5.92. The highest BCUT2D eigenvalue weighted by molar-refractivity contribution is 4.85. The van der Waals surface area contributed by atoms with E-state index < -0.39 is 0 Å². The van der Waals surface area contributed by atoms with Crippen LogP contribution in [0, 0.1) is 12.8 Å². The molecule has 0 bridgehead atoms. The summed E-state index contributed by atoms with van der Waals surface area (Å²) < 4.78 is 0. The number of aliphatic hydroxyl groups is 1. The highest BCUT2D eigenvalue weighted by atomic mass is 16.3. The molecule has 1 radical (unpaired) electrons. The Morgan fingerprint density at radius 3 is 2.78 bits per heavy atom. The van der Waals surface area contributed by atoms with Gasteiger partial charge in [0.25, 0.3) is 0 Å². The largest absolute Gasteiger partial charge is 0.396 e. The van der Waals surface area contributed by atoms with E-state index in [1.807, 2.05) is 13.0 Å². The number of hydrogen-bond acceptors (Lipinski definition) is 1. The van der Waals surface area contributed by atoms with Gasteiger partial charge in [0.15, 0.2) is 0 Å². The quantitative estimate of drug-likeness (QED) is 0.571. The molecule has 1 N–H and O–H groups in total. The van der Waals surface area contributed by atoms with Crippen LogP contribution in [0.4, 0.5) is 0 Å². The van der Waals surface area contributed by atoms with Crippen molar-refractivity contribution in [2.45, 2.75) is 19.8 Å². The lowest BCUT2D eigenvalue weighted by Crippen LogP contribution is -1.94. The molecule has 1 atom stereocenters. The van der Waals surface area contributed by atoms with Crippen LogP contribution in [0.5, 0.6) is 0 Å². The molecule has 1 heteroatoms. The van der Waals surface area contributed by atoms with Crippen molar-refractivity contribution in [1.82, 2.24) is 0 Å². The van der Waals surface area contributed by atoms with Gasteiger partial charge in [0, 0.05) is 6.61 Å². The highest BCUT2D eigenvalue weighted by Crippen LogP contribution is 1.96. The molecule has 0 heterocycles. The highest BCUT2D eigenvalue weighted by Gasteiger charge is 1.89. The average Bonchev–Trinajstić information content (AvgIpc) is 1.89. The van der Waals surface area contributed by atoms with Gasteiger partial charge >= 0.3 is 0 Å². The maximum absolute atomic E-state index is 8.57. The molecule has 0 aliphatic carbocycles. The van der Waals surface area contributed by atoms with Gasteiger partial charge in [-0.15, -0.1) is 0 Å². The van der Waals surface area contributed by atoms with Crippen molar-refractivity contribution in [2.75, 3.05) is 6.61 Å². The average molecular weight is 127 g/mol.